The molecule has 13 rings (SSSR count). The van der Waals surface area contributed by atoms with Crippen molar-refractivity contribution in [2.24, 2.45) is 0 Å². The summed E-state index contributed by atoms with van der Waals surface area (Å²) in [7, 11) is -5.91. The number of rotatable bonds is 11. The van der Waals surface area contributed by atoms with Crippen LogP contribution in [0.3, 0.4) is 0 Å². The molecule has 0 unspecified atom stereocenters. The van der Waals surface area contributed by atoms with E-state index in [2.05, 4.69) is 27.1 Å². The number of benzene rings is 10. The Morgan fingerprint density at radius 3 is 1.68 bits per heavy atom. The molecule has 0 aliphatic carbocycles. The van der Waals surface area contributed by atoms with Crippen LogP contribution in [0.1, 0.15) is 60.6 Å². The predicted octanol–water partition coefficient (Wildman–Crippen LogP) is 14.0. The van der Waals surface area contributed by atoms with Gasteiger partial charge in [0.1, 0.15) is 17.3 Å². The standard InChI is InChI=1S/C70H54N4OSi/c1-70(2,3)52-43-44-71-68(45-52)74-64-38-20-19-35-62(64)63-41-39-55(47-66(63)74)75-54-28-21-27-53(46-54)72-49-73(69-60(50-23-9-4-10-24-50)36-22-37-61(69)51-25-11-5-12-26-51)67-48-59(40-42-65(67)72)76(56-29-13-6-14-30-56,57-31-15-7-16-32-57)58-33-17-8-18-34-58/h4-48H,1-3H3/i4D,5D,6D,7D,8D,9D,10D,11D,12D,13D,14D,15D,16D,17D,18D,23D,24D,25D,26D,29D,30D,31D,32D,33D,34D. The molecule has 0 radical (unpaired) electrons. The summed E-state index contributed by atoms with van der Waals surface area (Å²) in [4.78, 5) is 4.82. The van der Waals surface area contributed by atoms with Crippen LogP contribution in [-0.4, -0.2) is 22.2 Å². The molecule has 6 heteroatoms. The molecule has 364 valence electrons. The summed E-state index contributed by atoms with van der Waals surface area (Å²) in [6.07, 6.45) is 5.08. The van der Waals surface area contributed by atoms with Crippen molar-refractivity contribution in [3.05, 3.63) is 284 Å². The summed E-state index contributed by atoms with van der Waals surface area (Å²) >= 11 is 0. The van der Waals surface area contributed by atoms with Gasteiger partial charge in [-0.1, -0.05) is 232 Å². The van der Waals surface area contributed by atoms with Crippen LogP contribution >= 0.6 is 0 Å². The minimum atomic E-state index is -5.91. The smallest absolute Gasteiger partial charge is 0.269 e. The van der Waals surface area contributed by atoms with Crippen molar-refractivity contribution >= 4 is 61.7 Å². The van der Waals surface area contributed by atoms with Crippen LogP contribution in [0.5, 0.6) is 11.5 Å². The lowest BCUT2D eigenvalue weighted by Crippen LogP contribution is -2.74. The van der Waals surface area contributed by atoms with Gasteiger partial charge in [0, 0.05) is 23.0 Å². The first-order valence-electron chi connectivity index (χ1n) is 36.5. The third-order valence-corrected chi connectivity index (χ3v) is 17.5. The Morgan fingerprint density at radius 2 is 1.07 bits per heavy atom. The molecule has 0 saturated carbocycles. The van der Waals surface area contributed by atoms with Crippen LogP contribution in [0, 0.1) is 6.33 Å². The molecule has 0 spiro atoms. The van der Waals surface area contributed by atoms with E-state index in [0.29, 0.717) is 11.6 Å². The molecule has 3 aromatic heterocycles. The van der Waals surface area contributed by atoms with Crippen LogP contribution in [0.25, 0.3) is 72.3 Å². The largest absolute Gasteiger partial charge is 0.458 e. The third kappa shape index (κ3) is 8.11. The van der Waals surface area contributed by atoms with Crippen molar-refractivity contribution in [1.29, 1.82) is 0 Å². The molecule has 0 fully saturated rings. The van der Waals surface area contributed by atoms with Crippen LogP contribution in [0.15, 0.2) is 273 Å². The minimum absolute atomic E-state index is 0.0517. The number of aromatic nitrogens is 4. The number of imidazole rings is 1. The van der Waals surface area contributed by atoms with Gasteiger partial charge in [-0.15, -0.1) is 0 Å². The number of nitrogens with zero attached hydrogens (tertiary/aromatic N) is 4. The SMILES string of the molecule is [2H]c1c([2H])c([2H])c(-c2cccc(-c3c([2H])c([2H])c([2H])c([2H])c3[2H])c2-[n+]2[c-]n(-c3cccc(Oc4ccc5c6ccccc6n(-c6cc(C(C)(C)C)ccn6)c5c4)c3)c3ccc([Si](c4c([2H])c([2H])c([2H])c([2H])c4[2H])(c4c([2H])c([2H])c([2H])c([2H])c4[2H])c4c([2H])c([2H])c([2H])c([2H])c4[2H])cc32)c([2H])c1[2H]. The summed E-state index contributed by atoms with van der Waals surface area (Å²) in [6.45, 7) is 6.33. The maximum Gasteiger partial charge on any atom is 0.269 e. The molecule has 0 N–H and O–H groups in total. The zero-order chi connectivity index (χ0) is 73.0. The monoisotopic (exact) mass is 1020 g/mol. The second-order valence-corrected chi connectivity index (χ2v) is 22.3. The zero-order valence-corrected chi connectivity index (χ0v) is 41.7. The number of pyridine rings is 1. The Balaban J connectivity index is 1.19. The van der Waals surface area contributed by atoms with E-state index in [1.165, 1.54) is 45.5 Å². The topological polar surface area (TPSA) is 35.9 Å². The van der Waals surface area contributed by atoms with Crippen molar-refractivity contribution in [3.8, 4) is 50.9 Å². The van der Waals surface area contributed by atoms with Gasteiger partial charge in [-0.25, -0.2) is 4.98 Å². The van der Waals surface area contributed by atoms with Crippen molar-refractivity contribution in [1.82, 2.24) is 14.1 Å². The summed E-state index contributed by atoms with van der Waals surface area (Å²) < 4.78 is 242. The molecule has 10 aromatic carbocycles. The van der Waals surface area contributed by atoms with E-state index in [0.717, 1.165) is 27.4 Å². The molecular weight excluding hydrogens is 941 g/mol. The highest BCUT2D eigenvalue weighted by Crippen LogP contribution is 2.38. The van der Waals surface area contributed by atoms with Gasteiger partial charge >= 0.3 is 0 Å². The Hall–Kier alpha value is -9.36. The van der Waals surface area contributed by atoms with Gasteiger partial charge in [0.05, 0.1) is 67.7 Å². The molecule has 5 nitrogen and oxygen atoms in total. The molecule has 0 amide bonds. The highest BCUT2D eigenvalue weighted by Gasteiger charge is 2.41. The fourth-order valence-electron chi connectivity index (χ4n) is 9.87. The van der Waals surface area contributed by atoms with Gasteiger partial charge in [-0.2, -0.15) is 0 Å². The van der Waals surface area contributed by atoms with Gasteiger partial charge < -0.3 is 4.74 Å². The van der Waals surface area contributed by atoms with E-state index in [9.17, 15) is 21.9 Å². The van der Waals surface area contributed by atoms with Crippen molar-refractivity contribution < 1.29 is 43.6 Å². The van der Waals surface area contributed by atoms with E-state index in [1.54, 1.807) is 36.5 Å². The molecule has 0 aliphatic heterocycles. The number of fused-ring (bicyclic) bond motifs is 4. The van der Waals surface area contributed by atoms with E-state index in [-0.39, 0.29) is 49.9 Å². The Labute approximate surface area is 480 Å². The van der Waals surface area contributed by atoms with Gasteiger partial charge in [0.15, 0.2) is 8.07 Å². The first-order valence-corrected chi connectivity index (χ1v) is 26.0. The van der Waals surface area contributed by atoms with Gasteiger partial charge in [0.25, 0.3) is 6.33 Å². The second kappa shape index (κ2) is 19.2. The van der Waals surface area contributed by atoms with Crippen LogP contribution in [-0.2, 0) is 5.41 Å². The molecule has 0 aliphatic rings. The molecule has 13 aromatic rings. The normalized spacial score (nSPS) is 16.5. The Bertz CT molecular complexity index is 5390. The fraction of sp³-hybridized carbons (Fsp3) is 0.0571. The lowest BCUT2D eigenvalue weighted by molar-refractivity contribution is -0.571. The molecule has 0 atom stereocenters. The van der Waals surface area contributed by atoms with Crippen molar-refractivity contribution in [2.45, 2.75) is 26.2 Å². The molecule has 3 heterocycles. The van der Waals surface area contributed by atoms with E-state index < -0.39 is 186 Å². The highest BCUT2D eigenvalue weighted by atomic mass is 28.3. The minimum Gasteiger partial charge on any atom is -0.458 e. The van der Waals surface area contributed by atoms with Gasteiger partial charge in [-0.05, 0) is 103 Å². The number of para-hydroxylation sites is 2. The van der Waals surface area contributed by atoms with Crippen molar-refractivity contribution in [3.63, 3.8) is 0 Å². The number of hydrogen-bond donors (Lipinski definition) is 0. The van der Waals surface area contributed by atoms with Gasteiger partial charge in [-0.3, -0.25) is 13.7 Å². The summed E-state index contributed by atoms with van der Waals surface area (Å²) in [5, 5.41) is -0.962. The van der Waals surface area contributed by atoms with Crippen LogP contribution in [0.4, 0.5) is 0 Å². The van der Waals surface area contributed by atoms with E-state index >= 15 is 0 Å². The van der Waals surface area contributed by atoms with E-state index in [1.807, 2.05) is 53.1 Å². The Morgan fingerprint density at radius 1 is 0.500 bits per heavy atom. The van der Waals surface area contributed by atoms with Crippen LogP contribution in [0.2, 0.25) is 0 Å². The predicted molar refractivity (Wildman–Crippen MR) is 315 cm³/mol. The zero-order valence-electron chi connectivity index (χ0n) is 65.7. The number of hydrogen-bond acceptors (Lipinski definition) is 2. The molecule has 0 saturated heterocycles. The lowest BCUT2D eigenvalue weighted by Gasteiger charge is -2.34. The van der Waals surface area contributed by atoms with Gasteiger partial charge in [0.2, 0.25) is 0 Å². The number of ether oxygens (including phenoxy) is 1. The Kier molecular flexibility index (Phi) is 6.74. The van der Waals surface area contributed by atoms with E-state index in [4.69, 9.17) is 22.1 Å². The van der Waals surface area contributed by atoms with Crippen molar-refractivity contribution in [2.75, 3.05) is 0 Å². The highest BCUT2D eigenvalue weighted by molar-refractivity contribution is 7.20. The van der Waals surface area contributed by atoms with Crippen LogP contribution < -0.4 is 30.1 Å². The third-order valence-electron chi connectivity index (χ3n) is 13.3. The quantitative estimate of drug-likeness (QED) is 0.0560. The first kappa shape index (κ1) is 26.7. The summed E-state index contributed by atoms with van der Waals surface area (Å²) in [5.74, 6) is 1.26. The molecule has 0 bridgehead atoms. The average molecular weight is 1020 g/mol. The molecule has 76 heavy (non-hydrogen) atoms. The molecular formula is C70H54N4OSi. The summed E-state index contributed by atoms with van der Waals surface area (Å²) in [5.41, 5.74) is 0.829. The average Bonchev–Trinajstić information content (AvgIpc) is 1.29. The lowest BCUT2D eigenvalue weighted by atomic mass is 9.88. The fourth-order valence-corrected chi connectivity index (χ4v) is 13.7. The first-order chi connectivity index (χ1) is 47.7. The maximum atomic E-state index is 9.81. The second-order valence-electron chi connectivity index (χ2n) is 18.7. The summed E-state index contributed by atoms with van der Waals surface area (Å²) in [6, 6.07) is 9.07. The maximum absolute atomic E-state index is 9.81.